The number of unbranched alkanes of at least 4 members (excludes halogenated alkanes) is 1. The van der Waals surface area contributed by atoms with E-state index in [4.69, 9.17) is 0 Å². The van der Waals surface area contributed by atoms with Crippen molar-refractivity contribution < 1.29 is 8.42 Å². The lowest BCUT2D eigenvalue weighted by atomic mass is 10.1. The van der Waals surface area contributed by atoms with Crippen LogP contribution >= 0.6 is 11.8 Å². The highest BCUT2D eigenvalue weighted by atomic mass is 32.2. The Morgan fingerprint density at radius 3 is 2.53 bits per heavy atom. The minimum absolute atomic E-state index is 0.312. The summed E-state index contributed by atoms with van der Waals surface area (Å²) >= 11 is 1.75. The van der Waals surface area contributed by atoms with E-state index < -0.39 is 9.84 Å². The van der Waals surface area contributed by atoms with Crippen LogP contribution < -0.4 is 5.32 Å². The van der Waals surface area contributed by atoms with Gasteiger partial charge in [0.05, 0.1) is 5.75 Å². The van der Waals surface area contributed by atoms with Gasteiger partial charge in [-0.25, -0.2) is 8.42 Å². The summed E-state index contributed by atoms with van der Waals surface area (Å²) in [5.74, 6) is 2.13. The molecule has 1 unspecified atom stereocenters. The van der Waals surface area contributed by atoms with Gasteiger partial charge in [-0.15, -0.1) is 0 Å². The first-order valence-electron chi connectivity index (χ1n) is 6.44. The Labute approximate surface area is 111 Å². The Balaban J connectivity index is 3.23. The summed E-state index contributed by atoms with van der Waals surface area (Å²) in [6, 6.07) is 0.607. The van der Waals surface area contributed by atoms with Crippen LogP contribution in [0.3, 0.4) is 0 Å². The molecule has 0 bridgehead atoms. The second-order valence-corrected chi connectivity index (χ2v) is 8.08. The Kier molecular flexibility index (Phi) is 10.4. The van der Waals surface area contributed by atoms with Crippen molar-refractivity contribution in [1.29, 1.82) is 0 Å². The van der Waals surface area contributed by atoms with Gasteiger partial charge in [-0.05, 0) is 38.5 Å². The average Bonchev–Trinajstić information content (AvgIpc) is 2.23. The molecule has 0 spiro atoms. The molecule has 0 saturated heterocycles. The first-order chi connectivity index (χ1) is 7.95. The molecule has 17 heavy (non-hydrogen) atoms. The smallest absolute Gasteiger partial charge is 0.148 e. The van der Waals surface area contributed by atoms with Crippen LogP contribution in [0.4, 0.5) is 0 Å². The van der Waals surface area contributed by atoms with Gasteiger partial charge in [0.25, 0.3) is 0 Å². The fraction of sp³-hybridized carbons (Fsp3) is 1.00. The van der Waals surface area contributed by atoms with Crippen molar-refractivity contribution in [3.05, 3.63) is 0 Å². The molecule has 0 aromatic rings. The molecule has 0 aromatic heterocycles. The molecule has 5 heteroatoms. The molecule has 0 amide bonds. The number of rotatable bonds is 11. The Morgan fingerprint density at radius 1 is 1.24 bits per heavy atom. The highest BCUT2D eigenvalue weighted by Crippen LogP contribution is 2.08. The summed E-state index contributed by atoms with van der Waals surface area (Å²) in [5, 5.41) is 3.47. The van der Waals surface area contributed by atoms with Crippen molar-refractivity contribution in [2.24, 2.45) is 0 Å². The van der Waals surface area contributed by atoms with E-state index in [1.807, 2.05) is 0 Å². The lowest BCUT2D eigenvalue weighted by Gasteiger charge is -2.12. The van der Waals surface area contributed by atoms with Crippen LogP contribution in [0.15, 0.2) is 0 Å². The van der Waals surface area contributed by atoms with Gasteiger partial charge >= 0.3 is 0 Å². The van der Waals surface area contributed by atoms with Crippen LogP contribution in [-0.4, -0.2) is 44.5 Å². The van der Waals surface area contributed by atoms with Gasteiger partial charge in [0, 0.05) is 18.1 Å². The van der Waals surface area contributed by atoms with Gasteiger partial charge in [-0.3, -0.25) is 0 Å². The highest BCUT2D eigenvalue weighted by Gasteiger charge is 2.02. The molecule has 0 aliphatic rings. The molecule has 1 N–H and O–H groups in total. The summed E-state index contributed by atoms with van der Waals surface area (Å²) in [5.41, 5.74) is 0. The molecule has 0 aliphatic heterocycles. The summed E-state index contributed by atoms with van der Waals surface area (Å²) in [4.78, 5) is 0. The third-order valence-corrected chi connectivity index (χ3v) is 4.79. The number of nitrogens with one attached hydrogen (secondary N) is 1. The van der Waals surface area contributed by atoms with E-state index in [1.54, 1.807) is 11.8 Å². The standard InChI is InChI=1S/C12H27NO2S2/c1-4-8-13-12(2)7-5-6-9-16-10-11-17(3,14)15/h12-13H,4-11H2,1-3H3. The maximum absolute atomic E-state index is 10.9. The molecule has 0 aliphatic carbocycles. The third kappa shape index (κ3) is 14.2. The van der Waals surface area contributed by atoms with Crippen LogP contribution in [0.25, 0.3) is 0 Å². The normalized spacial score (nSPS) is 13.8. The number of thioether (sulfide) groups is 1. The summed E-state index contributed by atoms with van der Waals surface area (Å²) in [7, 11) is -2.77. The van der Waals surface area contributed by atoms with Crippen molar-refractivity contribution >= 4 is 21.6 Å². The van der Waals surface area contributed by atoms with E-state index in [-0.39, 0.29) is 0 Å². The quantitative estimate of drug-likeness (QED) is 0.590. The van der Waals surface area contributed by atoms with E-state index in [1.165, 1.54) is 31.9 Å². The summed E-state index contributed by atoms with van der Waals surface area (Å²) < 4.78 is 21.8. The maximum Gasteiger partial charge on any atom is 0.148 e. The molecule has 3 nitrogen and oxygen atoms in total. The maximum atomic E-state index is 10.9. The fourth-order valence-electron chi connectivity index (χ4n) is 1.46. The largest absolute Gasteiger partial charge is 0.314 e. The predicted octanol–water partition coefficient (Wildman–Crippen LogP) is 2.32. The topological polar surface area (TPSA) is 46.2 Å². The van der Waals surface area contributed by atoms with E-state index in [2.05, 4.69) is 19.2 Å². The molecule has 1 atom stereocenters. The van der Waals surface area contributed by atoms with Gasteiger partial charge in [0.2, 0.25) is 0 Å². The van der Waals surface area contributed by atoms with E-state index >= 15 is 0 Å². The second kappa shape index (κ2) is 10.2. The summed E-state index contributed by atoms with van der Waals surface area (Å²) in [6.45, 7) is 5.51. The fourth-order valence-corrected chi connectivity index (χ4v) is 3.75. The minimum Gasteiger partial charge on any atom is -0.314 e. The summed E-state index contributed by atoms with van der Waals surface area (Å²) in [6.07, 6.45) is 6.11. The van der Waals surface area contributed by atoms with Gasteiger partial charge in [0.15, 0.2) is 0 Å². The number of hydrogen-bond acceptors (Lipinski definition) is 4. The lowest BCUT2D eigenvalue weighted by molar-refractivity contribution is 0.496. The SMILES string of the molecule is CCCNC(C)CCCCSCCS(C)(=O)=O. The van der Waals surface area contributed by atoms with Gasteiger partial charge < -0.3 is 5.32 Å². The highest BCUT2D eigenvalue weighted by molar-refractivity contribution is 8.00. The third-order valence-electron chi connectivity index (χ3n) is 2.52. The van der Waals surface area contributed by atoms with Crippen molar-refractivity contribution in [2.75, 3.05) is 30.1 Å². The zero-order valence-corrected chi connectivity index (χ0v) is 13.0. The molecule has 0 rings (SSSR count). The molecule has 0 saturated carbocycles. The zero-order valence-electron chi connectivity index (χ0n) is 11.4. The van der Waals surface area contributed by atoms with Crippen LogP contribution in [0.5, 0.6) is 0 Å². The number of hydrogen-bond donors (Lipinski definition) is 1. The molecule has 0 radical (unpaired) electrons. The lowest BCUT2D eigenvalue weighted by Crippen LogP contribution is -2.26. The first kappa shape index (κ1) is 17.3. The van der Waals surface area contributed by atoms with Crippen molar-refractivity contribution in [1.82, 2.24) is 5.32 Å². The predicted molar refractivity (Wildman–Crippen MR) is 78.6 cm³/mol. The van der Waals surface area contributed by atoms with Gasteiger partial charge in [-0.2, -0.15) is 11.8 Å². The van der Waals surface area contributed by atoms with E-state index in [0.717, 1.165) is 18.1 Å². The Bertz CT molecular complexity index is 266. The minimum atomic E-state index is -2.77. The molecule has 0 aromatic carbocycles. The van der Waals surface area contributed by atoms with Crippen molar-refractivity contribution in [2.45, 2.75) is 45.6 Å². The second-order valence-electron chi connectivity index (χ2n) is 4.59. The molecule has 0 fully saturated rings. The van der Waals surface area contributed by atoms with Crippen LogP contribution in [0.2, 0.25) is 0 Å². The molecule has 104 valence electrons. The number of sulfone groups is 1. The molecular formula is C12H27NO2S2. The van der Waals surface area contributed by atoms with Crippen molar-refractivity contribution in [3.8, 4) is 0 Å². The van der Waals surface area contributed by atoms with Crippen LogP contribution in [0.1, 0.15) is 39.5 Å². The average molecular weight is 281 g/mol. The van der Waals surface area contributed by atoms with Gasteiger partial charge in [-0.1, -0.05) is 13.3 Å². The first-order valence-corrected chi connectivity index (χ1v) is 9.66. The van der Waals surface area contributed by atoms with Crippen LogP contribution in [-0.2, 0) is 9.84 Å². The zero-order chi connectivity index (χ0) is 13.1. The Hall–Kier alpha value is 0.260. The van der Waals surface area contributed by atoms with Gasteiger partial charge in [0.1, 0.15) is 9.84 Å². The molecular weight excluding hydrogens is 254 g/mol. The Morgan fingerprint density at radius 2 is 1.94 bits per heavy atom. The van der Waals surface area contributed by atoms with Crippen LogP contribution in [0, 0.1) is 0 Å². The molecule has 0 heterocycles. The van der Waals surface area contributed by atoms with E-state index in [9.17, 15) is 8.42 Å². The van der Waals surface area contributed by atoms with Crippen molar-refractivity contribution in [3.63, 3.8) is 0 Å². The monoisotopic (exact) mass is 281 g/mol. The van der Waals surface area contributed by atoms with E-state index in [0.29, 0.717) is 11.8 Å².